The van der Waals surface area contributed by atoms with Gasteiger partial charge in [-0.25, -0.2) is 0 Å². The molecule has 1 heterocycles. The van der Waals surface area contributed by atoms with Gasteiger partial charge in [-0.1, -0.05) is 35.0 Å². The van der Waals surface area contributed by atoms with Crippen molar-refractivity contribution in [3.63, 3.8) is 0 Å². The Balaban J connectivity index is 0.00000180. The third-order valence-electron chi connectivity index (χ3n) is 2.55. The van der Waals surface area contributed by atoms with Crippen LogP contribution >= 0.6 is 0 Å². The van der Waals surface area contributed by atoms with Gasteiger partial charge in [-0.15, -0.1) is 0 Å². The maximum absolute atomic E-state index is 10.3. The first-order valence-corrected chi connectivity index (χ1v) is 5.74. The molecule has 0 N–H and O–H groups in total. The normalized spacial score (nSPS) is 9.95. The van der Waals surface area contributed by atoms with Gasteiger partial charge in [-0.2, -0.15) is 4.98 Å². The van der Waals surface area contributed by atoms with E-state index in [1.807, 2.05) is 31.2 Å². The number of aliphatic carboxylic acids is 1. The summed E-state index contributed by atoms with van der Waals surface area (Å²) in [6.07, 6.45) is 0.896. The molecule has 0 radical (unpaired) electrons. The molecule has 0 atom stereocenters. The number of carbonyl (C=O) groups is 1. The molecule has 0 saturated carbocycles. The minimum atomic E-state index is -1.06. The predicted molar refractivity (Wildman–Crippen MR) is 62.4 cm³/mol. The van der Waals surface area contributed by atoms with E-state index in [0.29, 0.717) is 24.6 Å². The van der Waals surface area contributed by atoms with Crippen molar-refractivity contribution in [1.82, 2.24) is 10.1 Å². The van der Waals surface area contributed by atoms with E-state index in [1.54, 1.807) is 0 Å². The number of rotatable bonds is 5. The zero-order valence-electron chi connectivity index (χ0n) is 11.0. The maximum Gasteiger partial charge on any atom is 1.00 e. The van der Waals surface area contributed by atoms with Gasteiger partial charge in [0.2, 0.25) is 11.7 Å². The summed E-state index contributed by atoms with van der Waals surface area (Å²) in [4.78, 5) is 14.5. The van der Waals surface area contributed by atoms with E-state index in [1.165, 1.54) is 0 Å². The molecule has 0 aliphatic carbocycles. The molecular formula is C13H13N2NaO3. The molecule has 6 heteroatoms. The van der Waals surface area contributed by atoms with Crippen molar-refractivity contribution >= 4 is 5.97 Å². The van der Waals surface area contributed by atoms with Crippen LogP contribution in [-0.2, 0) is 11.2 Å². The molecule has 1 aromatic carbocycles. The molecule has 5 nitrogen and oxygen atoms in total. The van der Waals surface area contributed by atoms with E-state index in [9.17, 15) is 9.90 Å². The van der Waals surface area contributed by atoms with Crippen LogP contribution in [0.5, 0.6) is 0 Å². The monoisotopic (exact) mass is 268 g/mol. The Kier molecular flexibility index (Phi) is 6.21. The van der Waals surface area contributed by atoms with E-state index in [-0.39, 0.29) is 36.0 Å². The van der Waals surface area contributed by atoms with Gasteiger partial charge in [-0.3, -0.25) is 0 Å². The van der Waals surface area contributed by atoms with Crippen molar-refractivity contribution in [2.45, 2.75) is 26.2 Å². The standard InChI is InChI=1S/C13H14N2O3.Na/c1-9-5-7-10(8-6-9)13-14-11(18-15-13)3-2-4-12(16)17;/h5-8H,2-4H2,1H3,(H,16,17);/q;+1/p-1. The van der Waals surface area contributed by atoms with Crippen LogP contribution in [0.1, 0.15) is 24.3 Å². The summed E-state index contributed by atoms with van der Waals surface area (Å²) in [5.41, 5.74) is 2.05. The van der Waals surface area contributed by atoms with Crippen molar-refractivity contribution in [3.05, 3.63) is 35.7 Å². The minimum Gasteiger partial charge on any atom is -0.550 e. The molecule has 0 spiro atoms. The van der Waals surface area contributed by atoms with Gasteiger partial charge >= 0.3 is 29.6 Å². The molecule has 19 heavy (non-hydrogen) atoms. The molecule has 0 aliphatic heterocycles. The Morgan fingerprint density at radius 3 is 2.63 bits per heavy atom. The van der Waals surface area contributed by atoms with Crippen molar-refractivity contribution < 1.29 is 44.0 Å². The molecule has 0 aliphatic rings. The van der Waals surface area contributed by atoms with Crippen molar-refractivity contribution in [3.8, 4) is 11.4 Å². The first kappa shape index (κ1) is 15.9. The fourth-order valence-electron chi connectivity index (χ4n) is 1.56. The average Bonchev–Trinajstić information content (AvgIpc) is 2.78. The third-order valence-corrected chi connectivity index (χ3v) is 2.55. The second-order valence-electron chi connectivity index (χ2n) is 4.10. The van der Waals surface area contributed by atoms with Gasteiger partial charge in [0.15, 0.2) is 0 Å². The predicted octanol–water partition coefficient (Wildman–Crippen LogP) is -1.88. The Labute approximate surface area is 133 Å². The van der Waals surface area contributed by atoms with Gasteiger partial charge in [0, 0.05) is 18.0 Å². The molecule has 1 aromatic heterocycles. The van der Waals surface area contributed by atoms with Crippen LogP contribution in [0.25, 0.3) is 11.4 Å². The molecule has 94 valence electrons. The Bertz CT molecular complexity index is 537. The fraction of sp³-hybridized carbons (Fsp3) is 0.308. The van der Waals surface area contributed by atoms with E-state index in [0.717, 1.165) is 11.1 Å². The summed E-state index contributed by atoms with van der Waals surface area (Å²) < 4.78 is 5.06. The van der Waals surface area contributed by atoms with Crippen molar-refractivity contribution in [2.75, 3.05) is 0 Å². The summed E-state index contributed by atoms with van der Waals surface area (Å²) in [5.74, 6) is -0.0847. The molecule has 0 amide bonds. The fourth-order valence-corrected chi connectivity index (χ4v) is 1.56. The van der Waals surface area contributed by atoms with Crippen LogP contribution in [0.2, 0.25) is 0 Å². The van der Waals surface area contributed by atoms with E-state index in [2.05, 4.69) is 10.1 Å². The van der Waals surface area contributed by atoms with Gasteiger partial charge in [0.1, 0.15) is 0 Å². The first-order chi connectivity index (χ1) is 8.65. The Hall–Kier alpha value is -1.17. The van der Waals surface area contributed by atoms with Gasteiger partial charge < -0.3 is 14.4 Å². The second-order valence-corrected chi connectivity index (χ2v) is 4.10. The maximum atomic E-state index is 10.3. The number of aryl methyl sites for hydroxylation is 2. The number of benzene rings is 1. The van der Waals surface area contributed by atoms with Crippen LogP contribution in [0.15, 0.2) is 28.8 Å². The SMILES string of the molecule is Cc1ccc(-c2noc(CCCC(=O)[O-])n2)cc1.[Na+]. The molecular weight excluding hydrogens is 255 g/mol. The molecule has 0 saturated heterocycles. The number of carbonyl (C=O) groups excluding carboxylic acids is 1. The molecule has 2 aromatic rings. The largest absolute Gasteiger partial charge is 1.00 e. The van der Waals surface area contributed by atoms with Crippen LogP contribution in [0.4, 0.5) is 0 Å². The van der Waals surface area contributed by atoms with Crippen LogP contribution < -0.4 is 34.7 Å². The summed E-state index contributed by atoms with van der Waals surface area (Å²) in [5, 5.41) is 14.1. The second kappa shape index (κ2) is 7.43. The molecule has 0 unspecified atom stereocenters. The number of carboxylic acid groups (broad SMARTS) is 1. The minimum absolute atomic E-state index is 0. The number of nitrogens with zero attached hydrogens (tertiary/aromatic N) is 2. The zero-order valence-corrected chi connectivity index (χ0v) is 13.0. The zero-order chi connectivity index (χ0) is 13.0. The topological polar surface area (TPSA) is 79.0 Å². The van der Waals surface area contributed by atoms with E-state index < -0.39 is 5.97 Å². The van der Waals surface area contributed by atoms with Crippen molar-refractivity contribution in [2.24, 2.45) is 0 Å². The Morgan fingerprint density at radius 1 is 1.32 bits per heavy atom. The van der Waals surface area contributed by atoms with E-state index in [4.69, 9.17) is 4.52 Å². The molecule has 0 fully saturated rings. The number of hydrogen-bond acceptors (Lipinski definition) is 5. The summed E-state index contributed by atoms with van der Waals surface area (Å²) >= 11 is 0. The molecule has 2 rings (SSSR count). The first-order valence-electron chi connectivity index (χ1n) is 5.74. The van der Waals surface area contributed by atoms with Crippen LogP contribution in [-0.4, -0.2) is 16.1 Å². The summed E-state index contributed by atoms with van der Waals surface area (Å²) in [6, 6.07) is 7.79. The van der Waals surface area contributed by atoms with Gasteiger partial charge in [-0.05, 0) is 19.8 Å². The van der Waals surface area contributed by atoms with Crippen molar-refractivity contribution in [1.29, 1.82) is 0 Å². The smallest absolute Gasteiger partial charge is 0.550 e. The average molecular weight is 268 g/mol. The molecule has 0 bridgehead atoms. The third kappa shape index (κ3) is 4.78. The van der Waals surface area contributed by atoms with Crippen LogP contribution in [0, 0.1) is 6.92 Å². The Morgan fingerprint density at radius 2 is 2.00 bits per heavy atom. The van der Waals surface area contributed by atoms with Crippen LogP contribution in [0.3, 0.4) is 0 Å². The quantitative estimate of drug-likeness (QED) is 0.593. The number of aromatic nitrogens is 2. The van der Waals surface area contributed by atoms with E-state index >= 15 is 0 Å². The summed E-state index contributed by atoms with van der Waals surface area (Å²) in [6.45, 7) is 2.01. The number of hydrogen-bond donors (Lipinski definition) is 0. The number of carboxylic acids is 1. The summed E-state index contributed by atoms with van der Waals surface area (Å²) in [7, 11) is 0. The van der Waals surface area contributed by atoms with Gasteiger partial charge in [0.25, 0.3) is 0 Å². The van der Waals surface area contributed by atoms with Gasteiger partial charge in [0.05, 0.1) is 0 Å².